The second-order valence-corrected chi connectivity index (χ2v) is 3.92. The standard InChI is InChI=1S/C10H17N7/c1-3-7-4-8(17(2)15-7)5-9(13-11)10-6-12-16-14-10/h4,6,9,13H,3,5,11H2,1-2H3,(H,12,14,16). The molecule has 0 saturated heterocycles. The van der Waals surface area contributed by atoms with Gasteiger partial charge in [0, 0.05) is 19.2 Å². The first-order valence-corrected chi connectivity index (χ1v) is 5.58. The molecule has 2 rings (SSSR count). The van der Waals surface area contributed by atoms with Gasteiger partial charge in [0.1, 0.15) is 5.69 Å². The normalized spacial score (nSPS) is 12.9. The third-order valence-electron chi connectivity index (χ3n) is 2.79. The summed E-state index contributed by atoms with van der Waals surface area (Å²) in [5.41, 5.74) is 5.74. The Hall–Kier alpha value is -1.73. The first kappa shape index (κ1) is 11.7. The molecule has 0 radical (unpaired) electrons. The molecule has 0 aliphatic carbocycles. The van der Waals surface area contributed by atoms with Crippen LogP contribution in [0.25, 0.3) is 0 Å². The first-order chi connectivity index (χ1) is 8.24. The van der Waals surface area contributed by atoms with Crippen LogP contribution >= 0.6 is 0 Å². The molecule has 4 N–H and O–H groups in total. The zero-order valence-electron chi connectivity index (χ0n) is 10.0. The van der Waals surface area contributed by atoms with Crippen molar-refractivity contribution in [3.05, 3.63) is 29.3 Å². The Labute approximate surface area is 99.4 Å². The summed E-state index contributed by atoms with van der Waals surface area (Å²) < 4.78 is 1.88. The van der Waals surface area contributed by atoms with Crippen molar-refractivity contribution in [1.82, 2.24) is 30.6 Å². The number of hydrogen-bond acceptors (Lipinski definition) is 5. The van der Waals surface area contributed by atoms with E-state index in [1.54, 1.807) is 6.20 Å². The molecular formula is C10H17N7. The summed E-state index contributed by atoms with van der Waals surface area (Å²) in [6.45, 7) is 2.09. The molecule has 2 aromatic rings. The Morgan fingerprint density at radius 3 is 2.94 bits per heavy atom. The molecule has 0 bridgehead atoms. The van der Waals surface area contributed by atoms with Crippen molar-refractivity contribution in [2.75, 3.05) is 0 Å². The van der Waals surface area contributed by atoms with Gasteiger partial charge in [0.2, 0.25) is 0 Å². The summed E-state index contributed by atoms with van der Waals surface area (Å²) >= 11 is 0. The Balaban J connectivity index is 2.15. The first-order valence-electron chi connectivity index (χ1n) is 5.58. The zero-order valence-corrected chi connectivity index (χ0v) is 10.0. The fraction of sp³-hybridized carbons (Fsp3) is 0.500. The SMILES string of the molecule is CCc1cc(CC(NN)c2cn[nH]n2)n(C)n1. The number of nitrogens with two attached hydrogens (primary N) is 1. The molecule has 17 heavy (non-hydrogen) atoms. The molecule has 0 aliphatic rings. The van der Waals surface area contributed by atoms with Gasteiger partial charge in [-0.2, -0.15) is 20.5 Å². The molecule has 7 nitrogen and oxygen atoms in total. The summed E-state index contributed by atoms with van der Waals surface area (Å²) in [4.78, 5) is 0. The fourth-order valence-corrected chi connectivity index (χ4v) is 1.77. The van der Waals surface area contributed by atoms with Crippen molar-refractivity contribution in [3.8, 4) is 0 Å². The van der Waals surface area contributed by atoms with Gasteiger partial charge >= 0.3 is 0 Å². The van der Waals surface area contributed by atoms with E-state index in [4.69, 9.17) is 5.84 Å². The highest BCUT2D eigenvalue weighted by Gasteiger charge is 2.16. The van der Waals surface area contributed by atoms with Crippen LogP contribution < -0.4 is 11.3 Å². The van der Waals surface area contributed by atoms with E-state index < -0.39 is 0 Å². The third-order valence-corrected chi connectivity index (χ3v) is 2.79. The highest BCUT2D eigenvalue weighted by atomic mass is 15.3. The number of aromatic nitrogens is 5. The van der Waals surface area contributed by atoms with Crippen molar-refractivity contribution >= 4 is 0 Å². The molecule has 92 valence electrons. The summed E-state index contributed by atoms with van der Waals surface area (Å²) in [6.07, 6.45) is 3.33. The fourth-order valence-electron chi connectivity index (χ4n) is 1.77. The average Bonchev–Trinajstić information content (AvgIpc) is 2.96. The lowest BCUT2D eigenvalue weighted by Gasteiger charge is -2.12. The predicted octanol–water partition coefficient (Wildman–Crippen LogP) is -0.152. The van der Waals surface area contributed by atoms with Gasteiger partial charge in [-0.25, -0.2) is 0 Å². The number of hydrazine groups is 1. The van der Waals surface area contributed by atoms with Crippen molar-refractivity contribution in [3.63, 3.8) is 0 Å². The molecule has 0 aromatic carbocycles. The van der Waals surface area contributed by atoms with Gasteiger partial charge in [-0.3, -0.25) is 16.0 Å². The van der Waals surface area contributed by atoms with E-state index in [1.807, 2.05) is 11.7 Å². The number of aryl methyl sites for hydroxylation is 2. The second kappa shape index (κ2) is 5.07. The lowest BCUT2D eigenvalue weighted by Crippen LogP contribution is -2.30. The maximum Gasteiger partial charge on any atom is 0.101 e. The highest BCUT2D eigenvalue weighted by Crippen LogP contribution is 2.15. The van der Waals surface area contributed by atoms with Crippen LogP contribution in [-0.4, -0.2) is 25.2 Å². The van der Waals surface area contributed by atoms with Crippen molar-refractivity contribution in [2.24, 2.45) is 12.9 Å². The van der Waals surface area contributed by atoms with Crippen LogP contribution in [0.3, 0.4) is 0 Å². The molecule has 1 unspecified atom stereocenters. The summed E-state index contributed by atoms with van der Waals surface area (Å²) in [7, 11) is 1.94. The number of nitrogens with zero attached hydrogens (tertiary/aromatic N) is 4. The molecule has 0 spiro atoms. The van der Waals surface area contributed by atoms with Crippen LogP contribution in [0.2, 0.25) is 0 Å². The molecule has 0 saturated carbocycles. The van der Waals surface area contributed by atoms with Crippen LogP contribution in [0.5, 0.6) is 0 Å². The largest absolute Gasteiger partial charge is 0.272 e. The van der Waals surface area contributed by atoms with Gasteiger partial charge in [0.25, 0.3) is 0 Å². The minimum atomic E-state index is -0.0612. The molecule has 0 aliphatic heterocycles. The van der Waals surface area contributed by atoms with Gasteiger partial charge in [-0.1, -0.05) is 6.92 Å². The molecule has 0 fully saturated rings. The Bertz CT molecular complexity index is 459. The summed E-state index contributed by atoms with van der Waals surface area (Å²) in [5.74, 6) is 5.54. The van der Waals surface area contributed by atoms with E-state index in [0.29, 0.717) is 0 Å². The zero-order chi connectivity index (χ0) is 12.3. The lowest BCUT2D eigenvalue weighted by atomic mass is 10.1. The maximum absolute atomic E-state index is 5.54. The van der Waals surface area contributed by atoms with Crippen LogP contribution in [0.15, 0.2) is 12.3 Å². The average molecular weight is 235 g/mol. The monoisotopic (exact) mass is 235 g/mol. The third kappa shape index (κ3) is 2.51. The summed E-state index contributed by atoms with van der Waals surface area (Å²) in [6, 6.07) is 2.03. The van der Waals surface area contributed by atoms with Crippen molar-refractivity contribution in [2.45, 2.75) is 25.8 Å². The van der Waals surface area contributed by atoms with E-state index in [9.17, 15) is 0 Å². The van der Waals surface area contributed by atoms with Crippen molar-refractivity contribution in [1.29, 1.82) is 0 Å². The molecule has 2 heterocycles. The van der Waals surface area contributed by atoms with Gasteiger partial charge < -0.3 is 0 Å². The van der Waals surface area contributed by atoms with Gasteiger partial charge in [0.05, 0.1) is 17.9 Å². The van der Waals surface area contributed by atoms with E-state index in [-0.39, 0.29) is 6.04 Å². The van der Waals surface area contributed by atoms with Gasteiger partial charge in [0.15, 0.2) is 0 Å². The van der Waals surface area contributed by atoms with Crippen LogP contribution in [0.1, 0.15) is 30.0 Å². The number of H-pyrrole nitrogens is 1. The number of nitrogens with one attached hydrogen (secondary N) is 2. The van der Waals surface area contributed by atoms with Crippen LogP contribution in [-0.2, 0) is 19.9 Å². The number of aromatic amines is 1. The molecule has 7 heteroatoms. The molecule has 2 aromatic heterocycles. The Morgan fingerprint density at radius 1 is 1.59 bits per heavy atom. The Kier molecular flexibility index (Phi) is 3.50. The quantitative estimate of drug-likeness (QED) is 0.494. The topological polar surface area (TPSA) is 97.4 Å². The number of hydrogen-bond donors (Lipinski definition) is 3. The van der Waals surface area contributed by atoms with Crippen LogP contribution in [0, 0.1) is 0 Å². The summed E-state index contributed by atoms with van der Waals surface area (Å²) in [5, 5.41) is 14.8. The van der Waals surface area contributed by atoms with Crippen molar-refractivity contribution < 1.29 is 0 Å². The smallest absolute Gasteiger partial charge is 0.101 e. The van der Waals surface area contributed by atoms with E-state index in [2.05, 4.69) is 38.9 Å². The maximum atomic E-state index is 5.54. The van der Waals surface area contributed by atoms with E-state index >= 15 is 0 Å². The molecule has 0 amide bonds. The minimum Gasteiger partial charge on any atom is -0.272 e. The number of rotatable bonds is 5. The highest BCUT2D eigenvalue weighted by molar-refractivity contribution is 5.14. The molecular weight excluding hydrogens is 218 g/mol. The van der Waals surface area contributed by atoms with Gasteiger partial charge in [-0.05, 0) is 12.5 Å². The predicted molar refractivity (Wildman–Crippen MR) is 62.7 cm³/mol. The van der Waals surface area contributed by atoms with E-state index in [1.165, 1.54) is 0 Å². The minimum absolute atomic E-state index is 0.0612. The lowest BCUT2D eigenvalue weighted by molar-refractivity contribution is 0.517. The van der Waals surface area contributed by atoms with Gasteiger partial charge in [-0.15, -0.1) is 0 Å². The second-order valence-electron chi connectivity index (χ2n) is 3.92. The van der Waals surface area contributed by atoms with Crippen LogP contribution in [0.4, 0.5) is 0 Å². The Morgan fingerprint density at radius 2 is 2.41 bits per heavy atom. The van der Waals surface area contributed by atoms with E-state index in [0.717, 1.165) is 29.9 Å². The molecule has 1 atom stereocenters.